The van der Waals surface area contributed by atoms with Crippen molar-refractivity contribution in [3.8, 4) is 0 Å². The van der Waals surface area contributed by atoms with Gasteiger partial charge >= 0.3 is 0 Å². The van der Waals surface area contributed by atoms with E-state index in [0.29, 0.717) is 17.7 Å². The second kappa shape index (κ2) is 7.78. The number of carbonyl (C=O) groups excluding carboxylic acids is 1. The van der Waals surface area contributed by atoms with E-state index in [1.54, 1.807) is 0 Å². The summed E-state index contributed by atoms with van der Waals surface area (Å²) < 4.78 is 0. The van der Waals surface area contributed by atoms with Crippen molar-refractivity contribution in [2.75, 3.05) is 19.6 Å². The Balaban J connectivity index is 2.48. The van der Waals surface area contributed by atoms with Gasteiger partial charge in [0.1, 0.15) is 0 Å². The van der Waals surface area contributed by atoms with Crippen LogP contribution in [0.5, 0.6) is 0 Å². The number of hydrogen-bond donors (Lipinski definition) is 1. The molecule has 1 fully saturated rings. The zero-order chi connectivity index (χ0) is 13.5. The molecule has 0 bridgehead atoms. The van der Waals surface area contributed by atoms with Crippen molar-refractivity contribution in [1.29, 1.82) is 0 Å². The number of amides is 1. The van der Waals surface area contributed by atoms with Crippen LogP contribution in [-0.4, -0.2) is 36.5 Å². The van der Waals surface area contributed by atoms with Crippen molar-refractivity contribution >= 4 is 5.91 Å². The highest BCUT2D eigenvalue weighted by molar-refractivity contribution is 5.82. The Bertz CT molecular complexity index is 233. The highest BCUT2D eigenvalue weighted by Gasteiger charge is 2.26. The molecule has 0 aliphatic carbocycles. The Labute approximate surface area is 112 Å². The Morgan fingerprint density at radius 1 is 1.17 bits per heavy atom. The van der Waals surface area contributed by atoms with Crippen molar-refractivity contribution in [1.82, 2.24) is 10.2 Å². The quantitative estimate of drug-likeness (QED) is 0.757. The third-order valence-corrected chi connectivity index (χ3v) is 3.62. The molecule has 0 radical (unpaired) electrons. The smallest absolute Gasteiger partial charge is 0.239 e. The Hall–Kier alpha value is -0.570. The lowest BCUT2D eigenvalue weighted by molar-refractivity contribution is -0.133. The molecule has 0 aromatic carbocycles. The highest BCUT2D eigenvalue weighted by atomic mass is 16.2. The van der Waals surface area contributed by atoms with Gasteiger partial charge in [0, 0.05) is 13.1 Å². The zero-order valence-corrected chi connectivity index (χ0v) is 12.5. The molecule has 1 heterocycles. The molecule has 1 N–H and O–H groups in total. The van der Waals surface area contributed by atoms with Crippen LogP contribution in [0.2, 0.25) is 0 Å². The molecule has 1 atom stereocenters. The van der Waals surface area contributed by atoms with Crippen molar-refractivity contribution in [3.63, 3.8) is 0 Å². The summed E-state index contributed by atoms with van der Waals surface area (Å²) in [7, 11) is 0. The van der Waals surface area contributed by atoms with Gasteiger partial charge in [0.25, 0.3) is 0 Å². The molecule has 1 aliphatic rings. The van der Waals surface area contributed by atoms with Gasteiger partial charge in [0.2, 0.25) is 5.91 Å². The monoisotopic (exact) mass is 254 g/mol. The van der Waals surface area contributed by atoms with Gasteiger partial charge in [-0.2, -0.15) is 0 Å². The van der Waals surface area contributed by atoms with Gasteiger partial charge in [-0.05, 0) is 44.1 Å². The minimum absolute atomic E-state index is 0.0873. The summed E-state index contributed by atoms with van der Waals surface area (Å²) in [5, 5.41) is 3.32. The summed E-state index contributed by atoms with van der Waals surface area (Å²) in [6.45, 7) is 11.7. The molecule has 1 rings (SSSR count). The predicted molar refractivity (Wildman–Crippen MR) is 76.5 cm³/mol. The molecule has 18 heavy (non-hydrogen) atoms. The number of nitrogens with one attached hydrogen (secondary N) is 1. The minimum Gasteiger partial charge on any atom is -0.341 e. The van der Waals surface area contributed by atoms with Gasteiger partial charge in [0.05, 0.1) is 6.04 Å². The third kappa shape index (κ3) is 5.38. The van der Waals surface area contributed by atoms with E-state index < -0.39 is 0 Å². The number of rotatable bonds is 7. The van der Waals surface area contributed by atoms with Crippen LogP contribution in [0.25, 0.3) is 0 Å². The molecular weight excluding hydrogens is 224 g/mol. The Kier molecular flexibility index (Phi) is 6.69. The largest absolute Gasteiger partial charge is 0.341 e. The van der Waals surface area contributed by atoms with Crippen LogP contribution in [0, 0.1) is 11.8 Å². The lowest BCUT2D eigenvalue weighted by Gasteiger charge is -2.27. The van der Waals surface area contributed by atoms with Crippen LogP contribution in [0.15, 0.2) is 0 Å². The van der Waals surface area contributed by atoms with Gasteiger partial charge in [-0.15, -0.1) is 0 Å². The van der Waals surface area contributed by atoms with Crippen LogP contribution < -0.4 is 5.32 Å². The van der Waals surface area contributed by atoms with E-state index in [2.05, 4.69) is 37.9 Å². The van der Waals surface area contributed by atoms with Crippen LogP contribution in [-0.2, 0) is 4.79 Å². The normalized spacial score (nSPS) is 19.8. The number of carbonyl (C=O) groups is 1. The second-order valence-electron chi connectivity index (χ2n) is 6.34. The SMILES string of the molecule is CC(C)CCN(CCC(C)C)C(=O)[C@@H]1CCCN1. The van der Waals surface area contributed by atoms with E-state index in [-0.39, 0.29) is 6.04 Å². The van der Waals surface area contributed by atoms with Gasteiger partial charge in [0.15, 0.2) is 0 Å². The fraction of sp³-hybridized carbons (Fsp3) is 0.933. The van der Waals surface area contributed by atoms with Crippen molar-refractivity contribution in [2.24, 2.45) is 11.8 Å². The third-order valence-electron chi connectivity index (χ3n) is 3.62. The highest BCUT2D eigenvalue weighted by Crippen LogP contribution is 2.12. The fourth-order valence-corrected chi connectivity index (χ4v) is 2.28. The first kappa shape index (κ1) is 15.5. The Morgan fingerprint density at radius 2 is 1.72 bits per heavy atom. The van der Waals surface area contributed by atoms with Crippen molar-refractivity contribution < 1.29 is 4.79 Å². The Morgan fingerprint density at radius 3 is 2.11 bits per heavy atom. The van der Waals surface area contributed by atoms with Gasteiger partial charge in [-0.25, -0.2) is 0 Å². The van der Waals surface area contributed by atoms with Gasteiger partial charge < -0.3 is 10.2 Å². The molecule has 0 saturated carbocycles. The minimum atomic E-state index is 0.0873. The first-order chi connectivity index (χ1) is 8.50. The molecule has 3 heteroatoms. The van der Waals surface area contributed by atoms with E-state index in [4.69, 9.17) is 0 Å². The molecule has 0 spiro atoms. The molecule has 1 aliphatic heterocycles. The summed E-state index contributed by atoms with van der Waals surface area (Å²) >= 11 is 0. The van der Waals surface area contributed by atoms with Crippen LogP contribution in [0.1, 0.15) is 53.4 Å². The molecule has 0 unspecified atom stereocenters. The van der Waals surface area contributed by atoms with Crippen LogP contribution in [0.3, 0.4) is 0 Å². The standard InChI is InChI=1S/C15H30N2O/c1-12(2)7-10-17(11-8-13(3)4)15(18)14-6-5-9-16-14/h12-14,16H,5-11H2,1-4H3/t14-/m0/s1. The second-order valence-corrected chi connectivity index (χ2v) is 6.34. The van der Waals surface area contributed by atoms with Crippen LogP contribution in [0.4, 0.5) is 0 Å². The maximum Gasteiger partial charge on any atom is 0.239 e. The summed E-state index contributed by atoms with van der Waals surface area (Å²) in [5.41, 5.74) is 0. The fourth-order valence-electron chi connectivity index (χ4n) is 2.28. The topological polar surface area (TPSA) is 32.3 Å². The first-order valence-corrected chi connectivity index (χ1v) is 7.53. The summed E-state index contributed by atoms with van der Waals surface area (Å²) in [4.78, 5) is 14.5. The van der Waals surface area contributed by atoms with Gasteiger partial charge in [-0.3, -0.25) is 4.79 Å². The molecule has 106 valence electrons. The summed E-state index contributed by atoms with van der Waals surface area (Å²) in [6.07, 6.45) is 4.37. The van der Waals surface area contributed by atoms with E-state index in [0.717, 1.165) is 45.3 Å². The maximum absolute atomic E-state index is 12.4. The van der Waals surface area contributed by atoms with Gasteiger partial charge in [-0.1, -0.05) is 27.7 Å². The predicted octanol–water partition coefficient (Wildman–Crippen LogP) is 2.66. The number of nitrogens with zero attached hydrogens (tertiary/aromatic N) is 1. The zero-order valence-electron chi connectivity index (χ0n) is 12.5. The molecular formula is C15H30N2O. The van der Waals surface area contributed by atoms with E-state index in [9.17, 15) is 4.79 Å². The molecule has 0 aromatic rings. The maximum atomic E-state index is 12.4. The van der Waals surface area contributed by atoms with E-state index >= 15 is 0 Å². The summed E-state index contributed by atoms with van der Waals surface area (Å²) in [5.74, 6) is 1.65. The van der Waals surface area contributed by atoms with Crippen molar-refractivity contribution in [3.05, 3.63) is 0 Å². The first-order valence-electron chi connectivity index (χ1n) is 7.53. The molecule has 1 amide bonds. The lowest BCUT2D eigenvalue weighted by Crippen LogP contribution is -2.44. The summed E-state index contributed by atoms with van der Waals surface area (Å²) in [6, 6.07) is 0.0873. The van der Waals surface area contributed by atoms with E-state index in [1.807, 2.05) is 0 Å². The average Bonchev–Trinajstić information content (AvgIpc) is 2.81. The van der Waals surface area contributed by atoms with E-state index in [1.165, 1.54) is 0 Å². The number of hydrogen-bond acceptors (Lipinski definition) is 2. The van der Waals surface area contributed by atoms with Crippen molar-refractivity contribution in [2.45, 2.75) is 59.4 Å². The molecule has 1 saturated heterocycles. The molecule has 0 aromatic heterocycles. The van der Waals surface area contributed by atoms with Crippen LogP contribution >= 0.6 is 0 Å². The molecule has 3 nitrogen and oxygen atoms in total. The average molecular weight is 254 g/mol. The lowest BCUT2D eigenvalue weighted by atomic mass is 10.1.